The van der Waals surface area contributed by atoms with Crippen LogP contribution in [0.25, 0.3) is 0 Å². The number of nitrogens with one attached hydrogen (secondary N) is 2. The Kier molecular flexibility index (Phi) is 12.8. The molecule has 0 unspecified atom stereocenters. The number of rotatable bonds is 8. The predicted molar refractivity (Wildman–Crippen MR) is 185 cm³/mol. The third kappa shape index (κ3) is 9.76. The first-order valence-corrected chi connectivity index (χ1v) is 17.7. The second-order valence-corrected chi connectivity index (χ2v) is 13.8. The maximum atomic E-state index is 14.4. The fraction of sp³-hybridized carbons (Fsp3) is 0.622. The molecule has 48 heavy (non-hydrogen) atoms. The van der Waals surface area contributed by atoms with Crippen molar-refractivity contribution in [3.8, 4) is 17.2 Å². The van der Waals surface area contributed by atoms with Gasteiger partial charge in [0.15, 0.2) is 11.5 Å². The van der Waals surface area contributed by atoms with Crippen molar-refractivity contribution in [1.29, 1.82) is 0 Å². The Morgan fingerprint density at radius 2 is 1.75 bits per heavy atom. The summed E-state index contributed by atoms with van der Waals surface area (Å²) in [6.45, 7) is 8.34. The molecule has 0 aromatic heterocycles. The number of ether oxygens (including phenoxy) is 4. The van der Waals surface area contributed by atoms with Gasteiger partial charge in [-0.2, -0.15) is 0 Å². The van der Waals surface area contributed by atoms with E-state index in [9.17, 15) is 14.7 Å². The van der Waals surface area contributed by atoms with E-state index in [-0.39, 0.29) is 49.5 Å². The molecule has 4 atom stereocenters. The Morgan fingerprint density at radius 1 is 1.00 bits per heavy atom. The Balaban J connectivity index is 1.34. The average Bonchev–Trinajstić information content (AvgIpc) is 3.54. The lowest BCUT2D eigenvalue weighted by atomic mass is 9.96. The summed E-state index contributed by atoms with van der Waals surface area (Å²) in [4.78, 5) is 31.2. The first-order valence-electron chi connectivity index (χ1n) is 17.7. The minimum atomic E-state index is -0.448. The molecular formula is C37H54N4O7. The zero-order valence-corrected chi connectivity index (χ0v) is 29.0. The zero-order chi connectivity index (χ0) is 34.0. The van der Waals surface area contributed by atoms with Gasteiger partial charge in [-0.25, -0.2) is 4.79 Å². The van der Waals surface area contributed by atoms with E-state index in [4.69, 9.17) is 18.9 Å². The van der Waals surface area contributed by atoms with Crippen molar-refractivity contribution in [1.82, 2.24) is 15.1 Å². The Bertz CT molecular complexity index is 1370. The Hall–Kier alpha value is -3.54. The van der Waals surface area contributed by atoms with Crippen molar-refractivity contribution >= 4 is 17.6 Å². The van der Waals surface area contributed by atoms with Crippen molar-refractivity contribution in [2.45, 2.75) is 103 Å². The van der Waals surface area contributed by atoms with Crippen molar-refractivity contribution in [2.24, 2.45) is 5.92 Å². The molecular weight excluding hydrogens is 612 g/mol. The molecule has 2 heterocycles. The number of aliphatic hydroxyl groups is 1. The number of hydrogen-bond donors (Lipinski definition) is 3. The summed E-state index contributed by atoms with van der Waals surface area (Å²) in [5.74, 6) is 1.70. The van der Waals surface area contributed by atoms with Gasteiger partial charge in [-0.1, -0.05) is 32.3 Å². The van der Waals surface area contributed by atoms with E-state index in [1.165, 1.54) is 6.42 Å². The van der Waals surface area contributed by atoms with E-state index in [1.807, 2.05) is 26.0 Å². The van der Waals surface area contributed by atoms with Crippen LogP contribution in [-0.2, 0) is 11.3 Å². The average molecular weight is 667 g/mol. The van der Waals surface area contributed by atoms with E-state index in [0.29, 0.717) is 43.2 Å². The van der Waals surface area contributed by atoms with Crippen LogP contribution >= 0.6 is 0 Å². The number of urea groups is 1. The molecule has 264 valence electrons. The van der Waals surface area contributed by atoms with Crippen LogP contribution in [0.2, 0.25) is 0 Å². The molecule has 11 nitrogen and oxygen atoms in total. The minimum Gasteiger partial charge on any atom is -0.490 e. The molecule has 11 heteroatoms. The molecule has 3 aliphatic rings. The summed E-state index contributed by atoms with van der Waals surface area (Å²) >= 11 is 0. The van der Waals surface area contributed by atoms with Gasteiger partial charge in [0, 0.05) is 43.9 Å². The molecule has 0 bridgehead atoms. The molecule has 2 aromatic carbocycles. The Labute approximate surface area is 285 Å². The number of amides is 3. The number of nitrogens with zero attached hydrogens (tertiary/aromatic N) is 2. The fourth-order valence-electron chi connectivity index (χ4n) is 6.79. The molecule has 2 aromatic rings. The summed E-state index contributed by atoms with van der Waals surface area (Å²) < 4.78 is 23.9. The minimum absolute atomic E-state index is 0.0454. The van der Waals surface area contributed by atoms with Crippen molar-refractivity contribution in [2.75, 3.05) is 45.5 Å². The van der Waals surface area contributed by atoms with Gasteiger partial charge in [-0.3, -0.25) is 9.69 Å². The van der Waals surface area contributed by atoms with Gasteiger partial charge in [-0.15, -0.1) is 0 Å². The predicted octanol–water partition coefficient (Wildman–Crippen LogP) is 5.80. The van der Waals surface area contributed by atoms with Crippen molar-refractivity contribution in [3.05, 3.63) is 47.5 Å². The lowest BCUT2D eigenvalue weighted by Crippen LogP contribution is -2.47. The third-order valence-corrected chi connectivity index (χ3v) is 9.63. The molecule has 5 rings (SSSR count). The molecule has 3 amide bonds. The lowest BCUT2D eigenvalue weighted by Gasteiger charge is -2.36. The highest BCUT2D eigenvalue weighted by molar-refractivity contribution is 5.99. The zero-order valence-electron chi connectivity index (χ0n) is 29.0. The van der Waals surface area contributed by atoms with Crippen molar-refractivity contribution < 1.29 is 33.6 Å². The summed E-state index contributed by atoms with van der Waals surface area (Å²) in [5, 5.41) is 16.3. The van der Waals surface area contributed by atoms with Gasteiger partial charge < -0.3 is 39.6 Å². The van der Waals surface area contributed by atoms with Gasteiger partial charge in [0.1, 0.15) is 5.75 Å². The summed E-state index contributed by atoms with van der Waals surface area (Å²) in [6, 6.07) is 10.7. The molecule has 1 aliphatic carbocycles. The maximum absolute atomic E-state index is 14.4. The van der Waals surface area contributed by atoms with Crippen LogP contribution in [0.1, 0.15) is 88.1 Å². The van der Waals surface area contributed by atoms with E-state index in [0.717, 1.165) is 62.0 Å². The molecule has 1 fully saturated rings. The first kappa shape index (κ1) is 35.8. The van der Waals surface area contributed by atoms with Crippen LogP contribution in [0.15, 0.2) is 36.4 Å². The van der Waals surface area contributed by atoms with E-state index < -0.39 is 6.04 Å². The van der Waals surface area contributed by atoms with Crippen LogP contribution in [0.3, 0.4) is 0 Å². The summed E-state index contributed by atoms with van der Waals surface area (Å²) in [7, 11) is 2.07. The van der Waals surface area contributed by atoms with E-state index in [2.05, 4.69) is 35.6 Å². The van der Waals surface area contributed by atoms with Gasteiger partial charge in [0.05, 0.1) is 30.4 Å². The summed E-state index contributed by atoms with van der Waals surface area (Å²) in [5.41, 5.74) is 1.99. The monoisotopic (exact) mass is 666 g/mol. The van der Waals surface area contributed by atoms with Gasteiger partial charge in [-0.05, 0) is 88.9 Å². The number of fused-ring (bicyclic) bond motifs is 2. The lowest BCUT2D eigenvalue weighted by molar-refractivity contribution is -0.0177. The quantitative estimate of drug-likeness (QED) is 0.324. The van der Waals surface area contributed by atoms with E-state index >= 15 is 0 Å². The van der Waals surface area contributed by atoms with Gasteiger partial charge in [0.25, 0.3) is 5.91 Å². The van der Waals surface area contributed by atoms with E-state index in [1.54, 1.807) is 23.1 Å². The number of aliphatic hydroxyl groups excluding tert-OH is 1. The number of hydrogen-bond acceptors (Lipinski definition) is 8. The molecule has 3 N–H and O–H groups in total. The maximum Gasteiger partial charge on any atom is 0.319 e. The Morgan fingerprint density at radius 3 is 2.54 bits per heavy atom. The molecule has 0 saturated heterocycles. The topological polar surface area (TPSA) is 122 Å². The van der Waals surface area contributed by atoms with Crippen LogP contribution in [0.5, 0.6) is 17.2 Å². The molecule has 0 spiro atoms. The standard InChI is InChI=1S/C37H54N4O7/c1-25-20-41(26(2)23-42)36(43)31-19-30(39-37(44)38-29-11-6-5-7-12-29)14-16-32(31)48-27(3)10-8-9-17-45-35(25)22-40(4)21-28-13-15-33-34(18-28)47-24-46-33/h13-16,18-19,25-27,29,35,42H,5-12,17,20-24H2,1-4H3,(H2,38,39,44)/t25-,26+,27-,35+/m1/s1. The second kappa shape index (κ2) is 17.2. The molecule has 2 aliphatic heterocycles. The summed E-state index contributed by atoms with van der Waals surface area (Å²) in [6.07, 6.45) is 7.74. The third-order valence-electron chi connectivity index (χ3n) is 9.63. The smallest absolute Gasteiger partial charge is 0.319 e. The number of likely N-dealkylation sites (N-methyl/N-ethyl adjacent to an activating group) is 1. The molecule has 1 saturated carbocycles. The normalized spacial score (nSPS) is 23.2. The van der Waals surface area contributed by atoms with Gasteiger partial charge in [0.2, 0.25) is 6.79 Å². The largest absolute Gasteiger partial charge is 0.490 e. The fourth-order valence-corrected chi connectivity index (χ4v) is 6.79. The van der Waals surface area contributed by atoms with Gasteiger partial charge >= 0.3 is 6.03 Å². The van der Waals surface area contributed by atoms with Crippen LogP contribution in [0.4, 0.5) is 10.5 Å². The highest BCUT2D eigenvalue weighted by atomic mass is 16.7. The second-order valence-electron chi connectivity index (χ2n) is 13.8. The highest BCUT2D eigenvalue weighted by Crippen LogP contribution is 2.33. The SMILES string of the molecule is C[C@@H]1CCCCO[C@@H](CN(C)Cc2ccc3c(c2)OCO3)[C@H](C)CN([C@@H](C)CO)C(=O)c2cc(NC(=O)NC3CCCCC3)ccc2O1. The highest BCUT2D eigenvalue weighted by Gasteiger charge is 2.31. The molecule has 0 radical (unpaired) electrons. The number of carbonyl (C=O) groups is 2. The van der Waals surface area contributed by atoms with Crippen LogP contribution in [-0.4, -0.2) is 91.3 Å². The number of benzene rings is 2. The van der Waals surface area contributed by atoms with Crippen molar-refractivity contribution in [3.63, 3.8) is 0 Å². The van der Waals surface area contributed by atoms with Crippen LogP contribution in [0, 0.1) is 5.92 Å². The first-order chi connectivity index (χ1) is 23.2. The number of anilines is 1. The number of carbonyl (C=O) groups excluding carboxylic acids is 2. The van der Waals surface area contributed by atoms with Crippen LogP contribution < -0.4 is 24.8 Å².